The van der Waals surface area contributed by atoms with Crippen molar-refractivity contribution in [1.82, 2.24) is 5.32 Å². The van der Waals surface area contributed by atoms with Crippen LogP contribution in [0.3, 0.4) is 0 Å². The fourth-order valence-electron chi connectivity index (χ4n) is 1.95. The molecule has 0 bridgehead atoms. The summed E-state index contributed by atoms with van der Waals surface area (Å²) in [6, 6.07) is 9.45. The molecule has 1 aromatic heterocycles. The molecule has 1 aromatic carbocycles. The Morgan fingerprint density at radius 2 is 2.05 bits per heavy atom. The SMILES string of the molecule is Cc1ccc(CNC(=O)c2ccc(N(C)C)c(N)c2)s1. The van der Waals surface area contributed by atoms with Crippen LogP contribution in [0.5, 0.6) is 0 Å². The Morgan fingerprint density at radius 1 is 1.30 bits per heavy atom. The number of nitrogens with one attached hydrogen (secondary N) is 1. The summed E-state index contributed by atoms with van der Waals surface area (Å²) >= 11 is 1.69. The summed E-state index contributed by atoms with van der Waals surface area (Å²) in [5, 5.41) is 2.91. The minimum absolute atomic E-state index is 0.104. The van der Waals surface area contributed by atoms with E-state index in [1.807, 2.05) is 31.1 Å². The number of hydrogen-bond acceptors (Lipinski definition) is 4. The minimum Gasteiger partial charge on any atom is -0.397 e. The minimum atomic E-state index is -0.104. The van der Waals surface area contributed by atoms with E-state index in [-0.39, 0.29) is 5.91 Å². The van der Waals surface area contributed by atoms with Crippen molar-refractivity contribution in [2.24, 2.45) is 0 Å². The van der Waals surface area contributed by atoms with Crippen LogP contribution in [0, 0.1) is 6.92 Å². The lowest BCUT2D eigenvalue weighted by atomic mass is 10.1. The van der Waals surface area contributed by atoms with E-state index in [1.54, 1.807) is 23.5 Å². The van der Waals surface area contributed by atoms with Gasteiger partial charge in [-0.2, -0.15) is 0 Å². The molecule has 4 nitrogen and oxygen atoms in total. The maximum Gasteiger partial charge on any atom is 0.251 e. The maximum absolute atomic E-state index is 12.1. The van der Waals surface area contributed by atoms with E-state index in [0.717, 1.165) is 10.6 Å². The molecule has 0 saturated carbocycles. The maximum atomic E-state index is 12.1. The van der Waals surface area contributed by atoms with Crippen LogP contribution in [-0.2, 0) is 6.54 Å². The van der Waals surface area contributed by atoms with Crippen LogP contribution in [0.15, 0.2) is 30.3 Å². The molecule has 2 rings (SSSR count). The van der Waals surface area contributed by atoms with Gasteiger partial charge in [-0.05, 0) is 37.3 Å². The number of anilines is 2. The lowest BCUT2D eigenvalue weighted by Gasteiger charge is -2.15. The Hall–Kier alpha value is -2.01. The van der Waals surface area contributed by atoms with E-state index >= 15 is 0 Å². The zero-order valence-corrected chi connectivity index (χ0v) is 12.8. The summed E-state index contributed by atoms with van der Waals surface area (Å²) < 4.78 is 0. The summed E-state index contributed by atoms with van der Waals surface area (Å²) in [5.41, 5.74) is 8.05. The van der Waals surface area contributed by atoms with E-state index in [1.165, 1.54) is 4.88 Å². The molecule has 3 N–H and O–H groups in total. The fourth-order valence-corrected chi connectivity index (χ4v) is 2.78. The molecule has 20 heavy (non-hydrogen) atoms. The third-order valence-corrected chi connectivity index (χ3v) is 3.99. The smallest absolute Gasteiger partial charge is 0.251 e. The number of carbonyl (C=O) groups is 1. The monoisotopic (exact) mass is 289 g/mol. The number of amides is 1. The second-order valence-electron chi connectivity index (χ2n) is 4.86. The van der Waals surface area contributed by atoms with Crippen molar-refractivity contribution in [3.05, 3.63) is 45.6 Å². The number of thiophene rings is 1. The standard InChI is InChI=1S/C15H19N3OS/c1-10-4-6-12(20-10)9-17-15(19)11-5-7-14(18(2)3)13(16)8-11/h4-8H,9,16H2,1-3H3,(H,17,19). The Balaban J connectivity index is 2.04. The molecular weight excluding hydrogens is 270 g/mol. The van der Waals surface area contributed by atoms with Crippen molar-refractivity contribution in [3.63, 3.8) is 0 Å². The topological polar surface area (TPSA) is 58.4 Å². The summed E-state index contributed by atoms with van der Waals surface area (Å²) in [6.45, 7) is 2.60. The number of hydrogen-bond donors (Lipinski definition) is 2. The molecule has 0 aliphatic rings. The van der Waals surface area contributed by atoms with E-state index in [0.29, 0.717) is 17.8 Å². The Labute approximate surface area is 123 Å². The molecule has 0 atom stereocenters. The van der Waals surface area contributed by atoms with Gasteiger partial charge in [0.15, 0.2) is 0 Å². The first-order chi connectivity index (χ1) is 9.47. The van der Waals surface area contributed by atoms with Crippen LogP contribution in [0.2, 0.25) is 0 Å². The second kappa shape index (κ2) is 5.96. The van der Waals surface area contributed by atoms with Crippen molar-refractivity contribution in [2.75, 3.05) is 24.7 Å². The normalized spacial score (nSPS) is 10.3. The first kappa shape index (κ1) is 14.4. The van der Waals surface area contributed by atoms with Crippen LogP contribution in [0.1, 0.15) is 20.1 Å². The Morgan fingerprint density at radius 3 is 2.60 bits per heavy atom. The van der Waals surface area contributed by atoms with E-state index in [2.05, 4.69) is 18.3 Å². The molecule has 106 valence electrons. The van der Waals surface area contributed by atoms with Gasteiger partial charge in [-0.25, -0.2) is 0 Å². The Bertz CT molecular complexity index is 619. The molecule has 0 radical (unpaired) electrons. The number of nitrogens with two attached hydrogens (primary N) is 1. The molecule has 5 heteroatoms. The number of nitrogens with zero attached hydrogens (tertiary/aromatic N) is 1. The first-order valence-electron chi connectivity index (χ1n) is 6.37. The predicted molar refractivity (Wildman–Crippen MR) is 85.4 cm³/mol. The molecule has 1 heterocycles. The largest absolute Gasteiger partial charge is 0.397 e. The van der Waals surface area contributed by atoms with Crippen LogP contribution in [0.4, 0.5) is 11.4 Å². The quantitative estimate of drug-likeness (QED) is 0.851. The third-order valence-electron chi connectivity index (χ3n) is 2.99. The van der Waals surface area contributed by atoms with Gasteiger partial charge in [0.1, 0.15) is 0 Å². The zero-order valence-electron chi connectivity index (χ0n) is 11.9. The highest BCUT2D eigenvalue weighted by molar-refractivity contribution is 7.11. The van der Waals surface area contributed by atoms with Gasteiger partial charge in [0, 0.05) is 29.4 Å². The molecule has 2 aromatic rings. The highest BCUT2D eigenvalue weighted by Crippen LogP contribution is 2.22. The molecular formula is C15H19N3OS. The number of carbonyl (C=O) groups excluding carboxylic acids is 1. The van der Waals surface area contributed by atoms with E-state index < -0.39 is 0 Å². The van der Waals surface area contributed by atoms with Crippen molar-refractivity contribution >= 4 is 28.6 Å². The van der Waals surface area contributed by atoms with E-state index in [9.17, 15) is 4.79 Å². The summed E-state index contributed by atoms with van der Waals surface area (Å²) in [4.78, 5) is 16.4. The van der Waals surface area contributed by atoms with Crippen LogP contribution in [0.25, 0.3) is 0 Å². The lowest BCUT2D eigenvalue weighted by molar-refractivity contribution is 0.0951. The molecule has 1 amide bonds. The molecule has 0 unspecified atom stereocenters. The summed E-state index contributed by atoms with van der Waals surface area (Å²) in [5.74, 6) is -0.104. The van der Waals surface area contributed by atoms with Crippen LogP contribution >= 0.6 is 11.3 Å². The summed E-state index contributed by atoms with van der Waals surface area (Å²) in [6.07, 6.45) is 0. The number of aryl methyl sites for hydroxylation is 1. The van der Waals surface area contributed by atoms with Gasteiger partial charge < -0.3 is 16.0 Å². The van der Waals surface area contributed by atoms with Crippen LogP contribution in [-0.4, -0.2) is 20.0 Å². The second-order valence-corrected chi connectivity index (χ2v) is 6.24. The van der Waals surface area contributed by atoms with Gasteiger partial charge in [0.2, 0.25) is 0 Å². The van der Waals surface area contributed by atoms with Crippen molar-refractivity contribution < 1.29 is 4.79 Å². The van der Waals surface area contributed by atoms with Gasteiger partial charge in [0.25, 0.3) is 5.91 Å². The molecule has 0 fully saturated rings. The van der Waals surface area contributed by atoms with Gasteiger partial charge in [-0.15, -0.1) is 11.3 Å². The molecule has 0 aliphatic heterocycles. The van der Waals surface area contributed by atoms with E-state index in [4.69, 9.17) is 5.73 Å². The van der Waals surface area contributed by atoms with Gasteiger partial charge in [0.05, 0.1) is 17.9 Å². The average Bonchev–Trinajstić information content (AvgIpc) is 2.81. The highest BCUT2D eigenvalue weighted by Gasteiger charge is 2.09. The van der Waals surface area contributed by atoms with Gasteiger partial charge in [-0.3, -0.25) is 4.79 Å². The molecule has 0 spiro atoms. The highest BCUT2D eigenvalue weighted by atomic mass is 32.1. The average molecular weight is 289 g/mol. The van der Waals surface area contributed by atoms with Gasteiger partial charge in [-0.1, -0.05) is 0 Å². The lowest BCUT2D eigenvalue weighted by Crippen LogP contribution is -2.22. The number of benzene rings is 1. The fraction of sp³-hybridized carbons (Fsp3) is 0.267. The van der Waals surface area contributed by atoms with Crippen LogP contribution < -0.4 is 16.0 Å². The summed E-state index contributed by atoms with van der Waals surface area (Å²) in [7, 11) is 3.84. The number of nitrogen functional groups attached to an aromatic ring is 1. The predicted octanol–water partition coefficient (Wildman–Crippen LogP) is 2.63. The number of rotatable bonds is 4. The van der Waals surface area contributed by atoms with Crippen molar-refractivity contribution in [1.29, 1.82) is 0 Å². The van der Waals surface area contributed by atoms with Crippen molar-refractivity contribution in [3.8, 4) is 0 Å². The zero-order chi connectivity index (χ0) is 14.7. The Kier molecular flexibility index (Phi) is 4.29. The molecule has 0 saturated heterocycles. The molecule has 0 aliphatic carbocycles. The third kappa shape index (κ3) is 3.30. The van der Waals surface area contributed by atoms with Gasteiger partial charge >= 0.3 is 0 Å². The van der Waals surface area contributed by atoms with Crippen molar-refractivity contribution in [2.45, 2.75) is 13.5 Å². The first-order valence-corrected chi connectivity index (χ1v) is 7.19.